The van der Waals surface area contributed by atoms with E-state index < -0.39 is 40.8 Å². The Kier molecular flexibility index (Phi) is 28.9. The Morgan fingerprint density at radius 3 is 1.21 bits per heavy atom. The average molecular weight is 1900 g/mol. The van der Waals surface area contributed by atoms with Gasteiger partial charge in [-0.15, -0.1) is 0 Å². The van der Waals surface area contributed by atoms with Gasteiger partial charge in [0.25, 0.3) is 0 Å². The first-order valence-electron chi connectivity index (χ1n) is 47.8. The zero-order valence-electron chi connectivity index (χ0n) is 80.1. The van der Waals surface area contributed by atoms with E-state index in [0.29, 0.717) is 19.3 Å². The number of nitrogens with one attached hydrogen (secondary N) is 9. The second kappa shape index (κ2) is 41.4. The maximum atomic E-state index is 12.1. The quantitative estimate of drug-likeness (QED) is 0.0264. The molecular formula is C114H119N17O11. The summed E-state index contributed by atoms with van der Waals surface area (Å²) in [6.07, 6.45) is 29.5. The van der Waals surface area contributed by atoms with Gasteiger partial charge in [-0.3, -0.25) is 23.7 Å². The summed E-state index contributed by atoms with van der Waals surface area (Å²) < 4.78 is 6.83. The molecule has 6 aliphatic rings. The first-order valence-corrected chi connectivity index (χ1v) is 47.8. The van der Waals surface area contributed by atoms with Gasteiger partial charge in [-0.2, -0.15) is 15.8 Å². The predicted octanol–water partition coefficient (Wildman–Crippen LogP) is 18.6. The molecule has 0 radical (unpaired) electrons. The van der Waals surface area contributed by atoms with E-state index in [0.717, 1.165) is 175 Å². The van der Waals surface area contributed by atoms with E-state index in [1.54, 1.807) is 6.20 Å². The third kappa shape index (κ3) is 21.2. The normalized spacial score (nSPS) is 17.1. The van der Waals surface area contributed by atoms with Crippen molar-refractivity contribution in [3.8, 4) is 18.2 Å². The second-order valence-corrected chi connectivity index (χ2v) is 39.6. The van der Waals surface area contributed by atoms with Crippen molar-refractivity contribution < 1.29 is 53.9 Å². The number of Topliss-reactive ketones (excluding diaryl/α,β-unsaturated/α-hetero) is 1. The van der Waals surface area contributed by atoms with E-state index in [-0.39, 0.29) is 76.9 Å². The number of fused-ring (bicyclic) bond motifs is 9. The van der Waals surface area contributed by atoms with Crippen molar-refractivity contribution in [2.24, 2.45) is 22.9 Å². The standard InChI is InChI=1S/C15H14N2O2.C15H16N2O2.C13H14N2O2.C13H16N2O.C12H14N2O2.C12H16N2O.C12H10N2.C12H11NO.C10H8N2/c18-12-7-13(19)17-14(12)15(5-6-15)10-8-16-11-4-2-1-3-9(10)11;1-15(2,3)19-14(18)17-10-11(8-9-16)12-6-4-5-7-13(12)17;14-11(12(16)17)13(5-6-13)9-7-15-10-4-2-1-3-8(9)10;14-12(8-16)13(5-6-13)10-7-15-11-4-2-1-3-9(10)11;1-12(13,11(15)16)6-8-7-14-10-5-3-2-4-9(8)10;1-12(13,8-15)6-9-7-14-11-5-3-2-4-10(9)11;13-8-12(5-6-12)10-7-14-11-4-2-1-3-9(10)11;14-8-12(5-6-12)10-7-13-11-4-2-1-3-9(10)11;11-6-5-8-7-12-10-4-2-1-3-9(8)10/h1-4,8,14,16H,5-7H2,(H,17,19);4-7,10H,8H2,1-3H3;1-4,7,11,15H,5-6,14H2,(H,16,17);1-4,7,12,15-16H,5-6,8,14H2;2-5,7,14H,6,13H2,1H3,(H,15,16);2-5,7,14-15H,6,8,13H2,1H3;1-4,7,14H,5-6H2;1-4,7-8,13H,5-6H2;1-4,7,12H,5H2. The van der Waals surface area contributed by atoms with Crippen LogP contribution in [0.15, 0.2) is 274 Å². The highest BCUT2D eigenvalue weighted by Gasteiger charge is 2.58. The van der Waals surface area contributed by atoms with E-state index >= 15 is 0 Å². The lowest BCUT2D eigenvalue weighted by Gasteiger charge is -2.21. The molecule has 5 unspecified atom stereocenters. The van der Waals surface area contributed by atoms with Gasteiger partial charge in [0.1, 0.15) is 23.5 Å². The molecule has 9 aromatic carbocycles. The van der Waals surface area contributed by atoms with Crippen LogP contribution < -0.4 is 28.3 Å². The van der Waals surface area contributed by atoms with Crippen molar-refractivity contribution in [3.05, 3.63) is 324 Å². The zero-order chi connectivity index (χ0) is 101. The number of aliphatic carboxylic acids is 2. The molecule has 21 N–H and O–H groups in total. The number of aromatic amines is 8. The number of aromatic nitrogens is 9. The molecule has 28 nitrogen and oxygen atoms in total. The fourth-order valence-electron chi connectivity index (χ4n) is 19.5. The summed E-state index contributed by atoms with van der Waals surface area (Å²) in [6.45, 7) is 8.91. The molecule has 9 aromatic heterocycles. The van der Waals surface area contributed by atoms with E-state index in [2.05, 4.69) is 99.8 Å². The van der Waals surface area contributed by atoms with Gasteiger partial charge in [0, 0.05) is 183 Å². The SMILES string of the molecule is CC(C)(C)OC(=O)n1cc(CC#N)c2ccccc21.CC(N)(CO)Cc1c[nH]c2ccccc12.CC(N)(Cc1c[nH]c2ccccc12)C(=O)O.N#CC1(c2c[nH]c3ccccc23)CC1.N#CCc1c[nH]c2ccccc12.NC(C(=O)O)C1(c2c[nH]c3ccccc23)CC1.NC(CO)C1(c2c[nH]c3ccccc23)CC1.O=C1CC(=O)C(C2(c3c[nH]c4ccccc34)CC2)N1.O=CC1(c2c[nH]c3ccccc23)CC1. The molecule has 1 amide bonds. The molecule has 28 heteroatoms. The van der Waals surface area contributed by atoms with Crippen LogP contribution in [0, 0.1) is 34.0 Å². The third-order valence-electron chi connectivity index (χ3n) is 28.2. The number of carbonyl (C=O) groups excluding carboxylic acids is 4. The van der Waals surface area contributed by atoms with Crippen molar-refractivity contribution in [1.29, 1.82) is 15.8 Å². The highest BCUT2D eigenvalue weighted by molar-refractivity contribution is 6.09. The number of amides is 1. The summed E-state index contributed by atoms with van der Waals surface area (Å²) in [6, 6.07) is 77.3. The number of para-hydroxylation sites is 9. The Balaban J connectivity index is 0.000000115. The van der Waals surface area contributed by atoms with Crippen molar-refractivity contribution in [2.75, 3.05) is 13.2 Å². The summed E-state index contributed by atoms with van der Waals surface area (Å²) in [4.78, 5) is 94.2. The van der Waals surface area contributed by atoms with E-state index in [1.807, 2.05) is 259 Å². The lowest BCUT2D eigenvalue weighted by molar-refractivity contribution is -0.142. The monoisotopic (exact) mass is 1900 g/mol. The summed E-state index contributed by atoms with van der Waals surface area (Å²) in [7, 11) is 0. The van der Waals surface area contributed by atoms with Crippen LogP contribution >= 0.6 is 0 Å². The number of aliphatic hydroxyl groups is 2. The van der Waals surface area contributed by atoms with E-state index in [9.17, 15) is 33.9 Å². The smallest absolute Gasteiger partial charge is 0.419 e. The topological polar surface area (TPSA) is 511 Å². The highest BCUT2D eigenvalue weighted by atomic mass is 16.6. The van der Waals surface area contributed by atoms with E-state index in [4.69, 9.17) is 58.8 Å². The molecule has 6 fully saturated rings. The Morgan fingerprint density at radius 1 is 0.458 bits per heavy atom. The number of aldehydes is 1. The number of ether oxygens (including phenoxy) is 1. The van der Waals surface area contributed by atoms with Crippen LogP contribution in [-0.2, 0) is 81.5 Å². The summed E-state index contributed by atoms with van der Waals surface area (Å²) in [5, 5.41) is 76.0. The Hall–Kier alpha value is -15.7. The number of nitrogens with zero attached hydrogens (tertiary/aromatic N) is 4. The maximum Gasteiger partial charge on any atom is 0.419 e. The number of rotatable bonds is 19. The summed E-state index contributed by atoms with van der Waals surface area (Å²) >= 11 is 0. The molecule has 0 spiro atoms. The molecule has 142 heavy (non-hydrogen) atoms. The zero-order valence-corrected chi connectivity index (χ0v) is 80.1. The Morgan fingerprint density at radius 2 is 0.824 bits per heavy atom. The minimum Gasteiger partial charge on any atom is -0.480 e. The van der Waals surface area contributed by atoms with Gasteiger partial charge in [-0.1, -0.05) is 164 Å². The van der Waals surface area contributed by atoms with Crippen molar-refractivity contribution in [1.82, 2.24) is 49.8 Å². The number of H-pyrrole nitrogens is 8. The van der Waals surface area contributed by atoms with Crippen LogP contribution in [0.3, 0.4) is 0 Å². The Bertz CT molecular complexity index is 7770. The fourth-order valence-corrected chi connectivity index (χ4v) is 19.5. The molecule has 10 heterocycles. The van der Waals surface area contributed by atoms with Crippen molar-refractivity contribution in [2.45, 2.75) is 193 Å². The number of hydrogen-bond donors (Lipinski definition) is 17. The number of hydrogen-bond acceptors (Lipinski definition) is 16. The maximum absolute atomic E-state index is 12.1. The first-order chi connectivity index (χ1) is 68.3. The lowest BCUT2D eigenvalue weighted by atomic mass is 9.86. The van der Waals surface area contributed by atoms with Crippen molar-refractivity contribution in [3.63, 3.8) is 0 Å². The number of ketones is 1. The fraction of sp³-hybridized carbons (Fsp3) is 0.289. The lowest BCUT2D eigenvalue weighted by Crippen LogP contribution is -2.46. The number of nitrogens with two attached hydrogens (primary N) is 4. The van der Waals surface area contributed by atoms with Crippen LogP contribution in [0.2, 0.25) is 0 Å². The molecule has 1 saturated heterocycles. The van der Waals surface area contributed by atoms with Crippen LogP contribution in [0.5, 0.6) is 0 Å². The third-order valence-corrected chi connectivity index (χ3v) is 28.2. The number of carboxylic acid groups (broad SMARTS) is 2. The molecule has 5 aliphatic carbocycles. The van der Waals surface area contributed by atoms with Gasteiger partial charge in [0.2, 0.25) is 5.91 Å². The van der Waals surface area contributed by atoms with Gasteiger partial charge in [-0.05, 0) is 210 Å². The number of carbonyl (C=O) groups is 6. The molecule has 5 atom stereocenters. The average Bonchev–Trinajstić information content (AvgIpc) is 1.55. The van der Waals surface area contributed by atoms with Gasteiger partial charge in [-0.25, -0.2) is 4.79 Å². The molecule has 5 saturated carbocycles. The molecule has 726 valence electrons. The number of benzene rings is 9. The van der Waals surface area contributed by atoms with E-state index in [1.165, 1.54) is 55.3 Å². The summed E-state index contributed by atoms with van der Waals surface area (Å²) in [5.74, 6) is -2.01. The Labute approximate surface area is 820 Å². The number of aliphatic hydroxyl groups excluding tert-OH is 2. The van der Waals surface area contributed by atoms with Gasteiger partial charge in [0.15, 0.2) is 5.78 Å². The molecule has 1 aliphatic heterocycles. The summed E-state index contributed by atoms with van der Waals surface area (Å²) in [5.41, 5.74) is 39.6. The molecule has 0 bridgehead atoms. The largest absolute Gasteiger partial charge is 0.480 e. The predicted molar refractivity (Wildman–Crippen MR) is 554 cm³/mol. The highest BCUT2D eigenvalue weighted by Crippen LogP contribution is 2.56. The van der Waals surface area contributed by atoms with Crippen LogP contribution in [-0.4, -0.2) is 149 Å². The minimum atomic E-state index is -1.23. The minimum absolute atomic E-state index is 0.00743. The van der Waals surface area contributed by atoms with Gasteiger partial charge in [0.05, 0.1) is 73.1 Å². The van der Waals surface area contributed by atoms with Crippen LogP contribution in [0.4, 0.5) is 4.79 Å². The number of carboxylic acids is 2. The van der Waals surface area contributed by atoms with Crippen LogP contribution in [0.1, 0.15) is 155 Å². The molecule has 24 rings (SSSR count). The first kappa shape index (κ1) is 99.3. The van der Waals surface area contributed by atoms with Gasteiger partial charge >= 0.3 is 18.0 Å². The number of nitriles is 3. The van der Waals surface area contributed by atoms with Gasteiger partial charge < -0.3 is 98.1 Å². The second-order valence-electron chi connectivity index (χ2n) is 39.6. The van der Waals surface area contributed by atoms with Crippen LogP contribution in [0.25, 0.3) is 98.1 Å². The molecule has 18 aromatic rings. The molecular weight excluding hydrogens is 1780 g/mol. The van der Waals surface area contributed by atoms with Crippen molar-refractivity contribution >= 4 is 134 Å².